The standard InChI is InChI=1S/C16H19Cl3N2/c1-4-6-7-15-12(5-2)10(3)20-21(15)16-13(18)8-11(17)9-14(16)19/h8-9H,4-7H2,1-3H3. The number of nitrogens with zero attached hydrogens (tertiary/aromatic N) is 2. The Hall–Kier alpha value is -0.700. The van der Waals surface area contributed by atoms with Crippen molar-refractivity contribution in [3.63, 3.8) is 0 Å². The molecule has 21 heavy (non-hydrogen) atoms. The van der Waals surface area contributed by atoms with E-state index < -0.39 is 0 Å². The molecule has 2 aromatic rings. The van der Waals surface area contributed by atoms with Gasteiger partial charge in [-0.05, 0) is 43.9 Å². The fraction of sp³-hybridized carbons (Fsp3) is 0.438. The molecule has 0 N–H and O–H groups in total. The molecule has 2 rings (SSSR count). The number of hydrogen-bond acceptors (Lipinski definition) is 1. The Labute approximate surface area is 141 Å². The zero-order valence-corrected chi connectivity index (χ0v) is 14.8. The number of rotatable bonds is 5. The second-order valence-corrected chi connectivity index (χ2v) is 6.35. The lowest BCUT2D eigenvalue weighted by Gasteiger charge is -2.12. The maximum atomic E-state index is 6.35. The highest BCUT2D eigenvalue weighted by molar-refractivity contribution is 6.40. The van der Waals surface area contributed by atoms with Crippen LogP contribution in [0.3, 0.4) is 0 Å². The largest absolute Gasteiger partial charge is 0.234 e. The van der Waals surface area contributed by atoms with E-state index in [-0.39, 0.29) is 0 Å². The topological polar surface area (TPSA) is 17.8 Å². The van der Waals surface area contributed by atoms with E-state index in [1.807, 2.05) is 11.6 Å². The van der Waals surface area contributed by atoms with Crippen LogP contribution in [-0.2, 0) is 12.8 Å². The summed E-state index contributed by atoms with van der Waals surface area (Å²) in [7, 11) is 0. The van der Waals surface area contributed by atoms with E-state index in [0.717, 1.165) is 37.1 Å². The van der Waals surface area contributed by atoms with Crippen molar-refractivity contribution in [2.75, 3.05) is 0 Å². The van der Waals surface area contributed by atoms with E-state index in [1.54, 1.807) is 12.1 Å². The summed E-state index contributed by atoms with van der Waals surface area (Å²) in [5.41, 5.74) is 4.23. The summed E-state index contributed by atoms with van der Waals surface area (Å²) in [6, 6.07) is 3.41. The maximum Gasteiger partial charge on any atom is 0.102 e. The van der Waals surface area contributed by atoms with Crippen LogP contribution >= 0.6 is 34.8 Å². The molecule has 0 aliphatic rings. The molecule has 1 aromatic carbocycles. The Morgan fingerprint density at radius 3 is 2.24 bits per heavy atom. The Morgan fingerprint density at radius 1 is 1.10 bits per heavy atom. The zero-order valence-electron chi connectivity index (χ0n) is 12.5. The van der Waals surface area contributed by atoms with Gasteiger partial charge in [0.2, 0.25) is 0 Å². The number of aromatic nitrogens is 2. The lowest BCUT2D eigenvalue weighted by atomic mass is 10.1. The van der Waals surface area contributed by atoms with Gasteiger partial charge in [0.1, 0.15) is 5.69 Å². The number of benzene rings is 1. The fourth-order valence-corrected chi connectivity index (χ4v) is 3.57. The third kappa shape index (κ3) is 3.39. The Balaban J connectivity index is 2.63. The second kappa shape index (κ2) is 7.04. The van der Waals surface area contributed by atoms with Crippen molar-refractivity contribution in [1.82, 2.24) is 9.78 Å². The Kier molecular flexibility index (Phi) is 5.59. The molecule has 1 heterocycles. The van der Waals surface area contributed by atoms with E-state index in [2.05, 4.69) is 18.9 Å². The predicted octanol–water partition coefficient (Wildman–Crippen LogP) is 6.05. The highest BCUT2D eigenvalue weighted by Crippen LogP contribution is 2.34. The van der Waals surface area contributed by atoms with Crippen LogP contribution in [0.25, 0.3) is 5.69 Å². The number of halogens is 3. The van der Waals surface area contributed by atoms with Gasteiger partial charge >= 0.3 is 0 Å². The summed E-state index contributed by atoms with van der Waals surface area (Å²) in [5.74, 6) is 0. The highest BCUT2D eigenvalue weighted by atomic mass is 35.5. The van der Waals surface area contributed by atoms with Gasteiger partial charge in [-0.25, -0.2) is 4.68 Å². The van der Waals surface area contributed by atoms with Crippen LogP contribution in [0.2, 0.25) is 15.1 Å². The van der Waals surface area contributed by atoms with Crippen molar-refractivity contribution in [2.24, 2.45) is 0 Å². The summed E-state index contributed by atoms with van der Waals surface area (Å²) in [5, 5.41) is 6.24. The lowest BCUT2D eigenvalue weighted by Crippen LogP contribution is -2.05. The van der Waals surface area contributed by atoms with Gasteiger partial charge in [-0.2, -0.15) is 5.10 Å². The van der Waals surface area contributed by atoms with Crippen LogP contribution in [0.4, 0.5) is 0 Å². The van der Waals surface area contributed by atoms with E-state index >= 15 is 0 Å². The first kappa shape index (κ1) is 16.7. The average molecular weight is 346 g/mol. The quantitative estimate of drug-likeness (QED) is 0.645. The van der Waals surface area contributed by atoms with Gasteiger partial charge in [0.25, 0.3) is 0 Å². The molecule has 0 saturated heterocycles. The van der Waals surface area contributed by atoms with Crippen LogP contribution in [0.1, 0.15) is 43.6 Å². The van der Waals surface area contributed by atoms with Crippen LogP contribution in [0, 0.1) is 6.92 Å². The summed E-state index contributed by atoms with van der Waals surface area (Å²) in [4.78, 5) is 0. The fourth-order valence-electron chi connectivity index (χ4n) is 2.59. The van der Waals surface area contributed by atoms with Gasteiger partial charge < -0.3 is 0 Å². The molecular formula is C16H19Cl3N2. The second-order valence-electron chi connectivity index (χ2n) is 5.10. The van der Waals surface area contributed by atoms with Crippen molar-refractivity contribution in [1.29, 1.82) is 0 Å². The minimum Gasteiger partial charge on any atom is -0.234 e. The van der Waals surface area contributed by atoms with Crippen molar-refractivity contribution in [2.45, 2.75) is 46.5 Å². The molecule has 0 spiro atoms. The molecule has 0 atom stereocenters. The normalized spacial score (nSPS) is 11.1. The number of aryl methyl sites for hydroxylation is 1. The summed E-state index contributed by atoms with van der Waals surface area (Å²) < 4.78 is 1.89. The molecule has 114 valence electrons. The monoisotopic (exact) mass is 344 g/mol. The van der Waals surface area contributed by atoms with E-state index in [1.165, 1.54) is 11.3 Å². The number of unbranched alkanes of at least 4 members (excludes halogenated alkanes) is 1. The smallest absolute Gasteiger partial charge is 0.102 e. The highest BCUT2D eigenvalue weighted by Gasteiger charge is 2.19. The van der Waals surface area contributed by atoms with E-state index in [4.69, 9.17) is 34.8 Å². The van der Waals surface area contributed by atoms with Crippen LogP contribution in [-0.4, -0.2) is 9.78 Å². The van der Waals surface area contributed by atoms with Gasteiger partial charge in [-0.15, -0.1) is 0 Å². The lowest BCUT2D eigenvalue weighted by molar-refractivity contribution is 0.722. The summed E-state index contributed by atoms with van der Waals surface area (Å²) in [6.45, 7) is 6.36. The Morgan fingerprint density at radius 2 is 1.71 bits per heavy atom. The van der Waals surface area contributed by atoms with Crippen molar-refractivity contribution in [3.8, 4) is 5.69 Å². The summed E-state index contributed by atoms with van der Waals surface area (Å²) in [6.07, 6.45) is 4.17. The molecule has 2 nitrogen and oxygen atoms in total. The number of hydrogen-bond donors (Lipinski definition) is 0. The van der Waals surface area contributed by atoms with Crippen molar-refractivity contribution < 1.29 is 0 Å². The SMILES string of the molecule is CCCCc1c(CC)c(C)nn1-c1c(Cl)cc(Cl)cc1Cl. The van der Waals surface area contributed by atoms with Gasteiger partial charge in [-0.1, -0.05) is 55.1 Å². The minimum atomic E-state index is 0.524. The van der Waals surface area contributed by atoms with Gasteiger partial charge in [-0.3, -0.25) is 0 Å². The average Bonchev–Trinajstić information content (AvgIpc) is 2.71. The first-order chi connectivity index (χ1) is 9.99. The van der Waals surface area contributed by atoms with Crippen LogP contribution in [0.5, 0.6) is 0 Å². The molecular weight excluding hydrogens is 327 g/mol. The molecule has 0 aliphatic carbocycles. The predicted molar refractivity (Wildman–Crippen MR) is 91.3 cm³/mol. The first-order valence-corrected chi connectivity index (χ1v) is 8.35. The molecule has 0 unspecified atom stereocenters. The minimum absolute atomic E-state index is 0.524. The van der Waals surface area contributed by atoms with Crippen LogP contribution in [0.15, 0.2) is 12.1 Å². The van der Waals surface area contributed by atoms with Crippen molar-refractivity contribution >= 4 is 34.8 Å². The van der Waals surface area contributed by atoms with Crippen LogP contribution < -0.4 is 0 Å². The molecule has 0 saturated carbocycles. The van der Waals surface area contributed by atoms with E-state index in [0.29, 0.717) is 15.1 Å². The molecule has 1 aromatic heterocycles. The van der Waals surface area contributed by atoms with E-state index in [9.17, 15) is 0 Å². The molecule has 0 amide bonds. The molecule has 0 bridgehead atoms. The third-order valence-corrected chi connectivity index (χ3v) is 4.40. The van der Waals surface area contributed by atoms with Gasteiger partial charge in [0, 0.05) is 10.7 Å². The molecule has 0 aliphatic heterocycles. The molecule has 5 heteroatoms. The molecule has 0 fully saturated rings. The third-order valence-electron chi connectivity index (χ3n) is 3.60. The van der Waals surface area contributed by atoms with Gasteiger partial charge in [0.15, 0.2) is 0 Å². The van der Waals surface area contributed by atoms with Crippen molar-refractivity contribution in [3.05, 3.63) is 44.2 Å². The molecule has 0 radical (unpaired) electrons. The maximum absolute atomic E-state index is 6.35. The van der Waals surface area contributed by atoms with Gasteiger partial charge in [0.05, 0.1) is 15.7 Å². The first-order valence-electron chi connectivity index (χ1n) is 7.21. The zero-order chi connectivity index (χ0) is 15.6. The Bertz CT molecular complexity index is 624. The summed E-state index contributed by atoms with van der Waals surface area (Å²) >= 11 is 18.7.